The number of imidazole rings is 1. The van der Waals surface area contributed by atoms with Crippen LogP contribution in [-0.2, 0) is 28.7 Å². The fourth-order valence-corrected chi connectivity index (χ4v) is 12.6. The monoisotopic (exact) mass is 1030 g/mol. The van der Waals surface area contributed by atoms with Gasteiger partial charge in [0.05, 0.1) is 12.6 Å². The number of hydrogen-bond acceptors (Lipinski definition) is 2. The van der Waals surface area contributed by atoms with E-state index in [9.17, 15) is 0 Å². The number of fused-ring (bicyclic) bond motifs is 5. The molecule has 0 bridgehead atoms. The summed E-state index contributed by atoms with van der Waals surface area (Å²) in [5, 5.41) is 0. The molecule has 9 aromatic rings. The van der Waals surface area contributed by atoms with Gasteiger partial charge >= 0.3 is 0 Å². The van der Waals surface area contributed by atoms with Crippen molar-refractivity contribution in [3.8, 4) is 28.2 Å². The summed E-state index contributed by atoms with van der Waals surface area (Å²) in [5.41, 5.74) is 27.6. The van der Waals surface area contributed by atoms with Crippen molar-refractivity contribution >= 4 is 68.3 Å². The maximum Gasteiger partial charge on any atom is 0.295 e. The van der Waals surface area contributed by atoms with Crippen molar-refractivity contribution in [3.05, 3.63) is 197 Å². The molecule has 0 atom stereocenters. The van der Waals surface area contributed by atoms with Gasteiger partial charge in [-0.3, -0.25) is 0 Å². The Kier molecular flexibility index (Phi) is 12.7. The minimum absolute atomic E-state index is 0.00609. The van der Waals surface area contributed by atoms with E-state index < -0.39 is 0 Å². The predicted molar refractivity (Wildman–Crippen MR) is 337 cm³/mol. The Morgan fingerprint density at radius 3 is 1.29 bits per heavy atom. The SMILES string of the molecule is Cc1ccccc1-c1n(-c2c(C(C)C)cccc2C(C)C)c2c(-c3cc4c5c(c3)N(c3ccc(C(C)(C)C)cc3)c3ccc(C(C)(C)C)cc3B5c3cc(C(C)(C)C)ccc3N4c3ccc(C(C)(C)C)cc3)cccc2[n+]1C. The third-order valence-corrected chi connectivity index (χ3v) is 17.2. The lowest BCUT2D eigenvalue weighted by Crippen LogP contribution is -2.61. The van der Waals surface area contributed by atoms with Gasteiger partial charge in [-0.25, -0.2) is 4.57 Å². The van der Waals surface area contributed by atoms with E-state index >= 15 is 0 Å². The van der Waals surface area contributed by atoms with Gasteiger partial charge in [0, 0.05) is 50.8 Å². The molecule has 78 heavy (non-hydrogen) atoms. The third kappa shape index (κ3) is 8.81. The van der Waals surface area contributed by atoms with Crippen molar-refractivity contribution in [2.24, 2.45) is 7.05 Å². The van der Waals surface area contributed by atoms with E-state index in [-0.39, 0.29) is 40.2 Å². The Labute approximate surface area is 467 Å². The minimum Gasteiger partial charge on any atom is -0.311 e. The van der Waals surface area contributed by atoms with E-state index in [0.717, 1.165) is 11.4 Å². The molecule has 3 heterocycles. The molecule has 2 aliphatic rings. The van der Waals surface area contributed by atoms with Gasteiger partial charge in [-0.1, -0.05) is 202 Å². The van der Waals surface area contributed by atoms with Crippen molar-refractivity contribution in [1.29, 1.82) is 0 Å². The highest BCUT2D eigenvalue weighted by atomic mass is 15.2. The average Bonchev–Trinajstić information content (AvgIpc) is 2.43. The number of aryl methyl sites for hydroxylation is 2. The fraction of sp³-hybridized carbons (Fsp3) is 0.329. The first-order valence-electron chi connectivity index (χ1n) is 28.7. The molecule has 0 N–H and O–H groups in total. The first kappa shape index (κ1) is 52.9. The lowest BCUT2D eigenvalue weighted by Gasteiger charge is -2.45. The van der Waals surface area contributed by atoms with Crippen molar-refractivity contribution in [3.63, 3.8) is 0 Å². The maximum atomic E-state index is 2.66. The predicted octanol–water partition coefficient (Wildman–Crippen LogP) is 17.6. The summed E-state index contributed by atoms with van der Waals surface area (Å²) >= 11 is 0. The number of nitrogens with zero attached hydrogens (tertiary/aromatic N) is 4. The molecule has 2 aliphatic heterocycles. The van der Waals surface area contributed by atoms with Crippen molar-refractivity contribution in [2.75, 3.05) is 9.80 Å². The number of hydrogen-bond donors (Lipinski definition) is 0. The Bertz CT molecular complexity index is 3630. The smallest absolute Gasteiger partial charge is 0.295 e. The fourth-order valence-electron chi connectivity index (χ4n) is 12.6. The van der Waals surface area contributed by atoms with E-state index in [4.69, 9.17) is 0 Å². The highest BCUT2D eigenvalue weighted by Gasteiger charge is 2.45. The number of anilines is 6. The molecule has 0 aliphatic carbocycles. The standard InChI is InChI=1S/C73H82BN4/c1-45(2)55-25-21-26-56(46(3)4)67(55)78-68-58(27-22-28-63(68)75(18)69(78)57-24-20-19-23-47(57)5)48-41-64-66-65(42-48)77(54-37-31-50(32-38-54)71(9,10)11)62-40-34-52(73(15,16)17)44-60(62)74(66)59-43-51(72(12,13)14)33-39-61(59)76(64)53-35-29-49(30-36-53)70(6,7)8/h19-46H,1-18H3/q+1. The normalized spacial score (nSPS) is 13.7. The van der Waals surface area contributed by atoms with Crippen LogP contribution < -0.4 is 30.8 Å². The molecule has 0 spiro atoms. The van der Waals surface area contributed by atoms with Gasteiger partial charge < -0.3 is 9.80 Å². The second-order valence-electron chi connectivity index (χ2n) is 27.5. The summed E-state index contributed by atoms with van der Waals surface area (Å²) in [6.45, 7) is 39.6. The molecule has 11 rings (SSSR count). The van der Waals surface area contributed by atoms with Gasteiger partial charge in [-0.2, -0.15) is 4.57 Å². The van der Waals surface area contributed by atoms with E-state index in [1.165, 1.54) is 117 Å². The number of rotatable bonds is 7. The molecule has 0 amide bonds. The van der Waals surface area contributed by atoms with Crippen molar-refractivity contribution in [2.45, 2.75) is 151 Å². The molecule has 0 radical (unpaired) electrons. The quantitative estimate of drug-likeness (QED) is 0.117. The summed E-state index contributed by atoms with van der Waals surface area (Å²) in [7, 11) is 2.27. The topological polar surface area (TPSA) is 15.3 Å². The summed E-state index contributed by atoms with van der Waals surface area (Å²) in [6.07, 6.45) is 0. The Morgan fingerprint density at radius 1 is 0.436 bits per heavy atom. The van der Waals surface area contributed by atoms with Crippen LogP contribution in [0.15, 0.2) is 158 Å². The van der Waals surface area contributed by atoms with Crippen LogP contribution in [0.3, 0.4) is 0 Å². The zero-order valence-corrected chi connectivity index (χ0v) is 50.0. The molecule has 1 aromatic heterocycles. The van der Waals surface area contributed by atoms with E-state index in [2.05, 4.69) is 301 Å². The second-order valence-corrected chi connectivity index (χ2v) is 27.5. The Hall–Kier alpha value is -7.11. The second kappa shape index (κ2) is 18.8. The Balaban J connectivity index is 1.32. The molecule has 0 fully saturated rings. The third-order valence-electron chi connectivity index (χ3n) is 17.2. The van der Waals surface area contributed by atoms with Crippen LogP contribution in [0.2, 0.25) is 0 Å². The van der Waals surface area contributed by atoms with Gasteiger partial charge in [-0.05, 0) is 157 Å². The minimum atomic E-state index is -0.0583. The molecule has 4 nitrogen and oxygen atoms in total. The molecule has 8 aromatic carbocycles. The van der Waals surface area contributed by atoms with Crippen LogP contribution >= 0.6 is 0 Å². The molecule has 396 valence electrons. The summed E-state index contributed by atoms with van der Waals surface area (Å²) in [4.78, 5) is 5.21. The summed E-state index contributed by atoms with van der Waals surface area (Å²) < 4.78 is 5.11. The molecular weight excluding hydrogens is 944 g/mol. The van der Waals surface area contributed by atoms with Gasteiger partial charge in [0.1, 0.15) is 5.69 Å². The van der Waals surface area contributed by atoms with Crippen LogP contribution in [0.25, 0.3) is 39.2 Å². The van der Waals surface area contributed by atoms with Crippen molar-refractivity contribution < 1.29 is 4.57 Å². The van der Waals surface area contributed by atoms with Crippen LogP contribution in [-0.4, -0.2) is 11.3 Å². The zero-order chi connectivity index (χ0) is 55.7. The molecule has 0 unspecified atom stereocenters. The maximum absolute atomic E-state index is 2.66. The lowest BCUT2D eigenvalue weighted by molar-refractivity contribution is -0.633. The van der Waals surface area contributed by atoms with Crippen molar-refractivity contribution in [1.82, 2.24) is 4.57 Å². The molecular formula is C73H82BN4+. The number of benzene rings is 8. The summed E-state index contributed by atoms with van der Waals surface area (Å²) in [5.74, 6) is 1.76. The Morgan fingerprint density at radius 2 is 0.859 bits per heavy atom. The van der Waals surface area contributed by atoms with Gasteiger partial charge in [0.2, 0.25) is 0 Å². The lowest BCUT2D eigenvalue weighted by atomic mass is 9.33. The average molecular weight is 1030 g/mol. The van der Waals surface area contributed by atoms with E-state index in [1.54, 1.807) is 0 Å². The van der Waals surface area contributed by atoms with Gasteiger partial charge in [-0.15, -0.1) is 0 Å². The molecule has 5 heteroatoms. The van der Waals surface area contributed by atoms with Crippen LogP contribution in [0, 0.1) is 6.92 Å². The van der Waals surface area contributed by atoms with Crippen LogP contribution in [0.5, 0.6) is 0 Å². The van der Waals surface area contributed by atoms with Crippen LogP contribution in [0.4, 0.5) is 34.1 Å². The largest absolute Gasteiger partial charge is 0.311 e. The molecule has 0 saturated carbocycles. The number of para-hydroxylation sites is 2. The van der Waals surface area contributed by atoms with E-state index in [1.807, 2.05) is 0 Å². The number of aromatic nitrogens is 2. The zero-order valence-electron chi connectivity index (χ0n) is 50.0. The van der Waals surface area contributed by atoms with Crippen LogP contribution in [0.1, 0.15) is 162 Å². The summed E-state index contributed by atoms with van der Waals surface area (Å²) in [6, 6.07) is 61.7. The first-order chi connectivity index (χ1) is 36.7. The molecule has 0 saturated heterocycles. The highest BCUT2D eigenvalue weighted by Crippen LogP contribution is 2.49. The first-order valence-corrected chi connectivity index (χ1v) is 28.7. The van der Waals surface area contributed by atoms with Gasteiger partial charge in [0.25, 0.3) is 12.5 Å². The highest BCUT2D eigenvalue weighted by molar-refractivity contribution is 7.00. The van der Waals surface area contributed by atoms with E-state index in [0.29, 0.717) is 0 Å². The van der Waals surface area contributed by atoms with Gasteiger partial charge in [0.15, 0.2) is 11.0 Å².